The summed E-state index contributed by atoms with van der Waals surface area (Å²) in [6.07, 6.45) is 1.36. The van der Waals surface area contributed by atoms with E-state index in [2.05, 4.69) is 5.32 Å². The van der Waals surface area contributed by atoms with E-state index in [0.29, 0.717) is 25.9 Å². The molecule has 30 heavy (non-hydrogen) atoms. The van der Waals surface area contributed by atoms with E-state index in [1.165, 1.54) is 11.3 Å². The molecule has 2 aromatic carbocycles. The molecule has 2 heterocycles. The van der Waals surface area contributed by atoms with Gasteiger partial charge in [-0.15, -0.1) is 11.3 Å². The van der Waals surface area contributed by atoms with Gasteiger partial charge in [-0.3, -0.25) is 9.59 Å². The lowest BCUT2D eigenvalue weighted by Crippen LogP contribution is -2.41. The van der Waals surface area contributed by atoms with Crippen LogP contribution in [0.15, 0.2) is 66.0 Å². The highest BCUT2D eigenvalue weighted by atomic mass is 32.1. The summed E-state index contributed by atoms with van der Waals surface area (Å²) in [5, 5.41) is 4.89. The maximum atomic E-state index is 12.6. The van der Waals surface area contributed by atoms with E-state index in [1.54, 1.807) is 0 Å². The predicted molar refractivity (Wildman–Crippen MR) is 119 cm³/mol. The van der Waals surface area contributed by atoms with Gasteiger partial charge in [-0.2, -0.15) is 0 Å². The van der Waals surface area contributed by atoms with Crippen molar-refractivity contribution in [2.75, 3.05) is 18.4 Å². The number of nitrogens with one attached hydrogen (secondary N) is 1. The molecule has 3 aromatic rings. The minimum Gasteiger partial charge on any atom is -0.457 e. The van der Waals surface area contributed by atoms with Crippen LogP contribution in [0, 0.1) is 12.8 Å². The lowest BCUT2D eigenvalue weighted by atomic mass is 9.95. The van der Waals surface area contributed by atoms with Gasteiger partial charge < -0.3 is 15.0 Å². The van der Waals surface area contributed by atoms with Crippen molar-refractivity contribution in [2.24, 2.45) is 5.92 Å². The number of carbonyl (C=O) groups is 2. The van der Waals surface area contributed by atoms with Crippen molar-refractivity contribution >= 4 is 28.8 Å². The molecule has 6 heteroatoms. The summed E-state index contributed by atoms with van der Waals surface area (Å²) < 4.78 is 5.85. The zero-order chi connectivity index (χ0) is 20.9. The molecular formula is C24H24N2O3S. The highest BCUT2D eigenvalue weighted by Gasteiger charge is 2.28. The average molecular weight is 421 g/mol. The van der Waals surface area contributed by atoms with E-state index in [4.69, 9.17) is 4.74 Å². The monoisotopic (exact) mass is 420 g/mol. The van der Waals surface area contributed by atoms with Crippen molar-refractivity contribution in [3.05, 3.63) is 76.5 Å². The molecule has 154 valence electrons. The number of hydrogen-bond donors (Lipinski definition) is 1. The summed E-state index contributed by atoms with van der Waals surface area (Å²) in [4.78, 5) is 27.7. The Hall–Kier alpha value is -3.12. The molecule has 0 saturated carbocycles. The Morgan fingerprint density at radius 1 is 1.00 bits per heavy atom. The summed E-state index contributed by atoms with van der Waals surface area (Å²) in [6.45, 7) is 3.24. The number of thiophene rings is 1. The van der Waals surface area contributed by atoms with E-state index >= 15 is 0 Å². The number of benzene rings is 2. The van der Waals surface area contributed by atoms with Gasteiger partial charge in [0.05, 0.1) is 4.88 Å². The quantitative estimate of drug-likeness (QED) is 0.606. The fourth-order valence-corrected chi connectivity index (χ4v) is 4.26. The zero-order valence-corrected chi connectivity index (χ0v) is 17.7. The van der Waals surface area contributed by atoms with Crippen molar-refractivity contribution in [2.45, 2.75) is 19.8 Å². The molecule has 4 rings (SSSR count). The van der Waals surface area contributed by atoms with Crippen molar-refractivity contribution in [3.63, 3.8) is 0 Å². The summed E-state index contributed by atoms with van der Waals surface area (Å²) in [6, 6.07) is 19.0. The van der Waals surface area contributed by atoms with E-state index in [9.17, 15) is 9.59 Å². The van der Waals surface area contributed by atoms with Gasteiger partial charge in [0.1, 0.15) is 11.5 Å². The molecule has 1 N–H and O–H groups in total. The van der Waals surface area contributed by atoms with Gasteiger partial charge in [-0.1, -0.05) is 18.2 Å². The third-order valence-electron chi connectivity index (χ3n) is 5.23. The van der Waals surface area contributed by atoms with Crippen molar-refractivity contribution in [3.8, 4) is 11.5 Å². The summed E-state index contributed by atoms with van der Waals surface area (Å²) in [7, 11) is 0. The SMILES string of the molecule is Cc1cccc(Oc2ccc(NC(=O)C3CCN(C(=O)c4cccs4)CC3)cc2)c1. The molecule has 0 aliphatic carbocycles. The van der Waals surface area contributed by atoms with Crippen molar-refractivity contribution in [1.29, 1.82) is 0 Å². The lowest BCUT2D eigenvalue weighted by Gasteiger charge is -2.31. The molecular weight excluding hydrogens is 396 g/mol. The molecule has 1 aliphatic rings. The van der Waals surface area contributed by atoms with Crippen LogP contribution in [0.2, 0.25) is 0 Å². The Bertz CT molecular complexity index is 1010. The third-order valence-corrected chi connectivity index (χ3v) is 6.09. The predicted octanol–water partition coefficient (Wildman–Crippen LogP) is 5.34. The van der Waals surface area contributed by atoms with Crippen LogP contribution >= 0.6 is 11.3 Å². The van der Waals surface area contributed by atoms with Crippen LogP contribution in [-0.4, -0.2) is 29.8 Å². The first-order chi connectivity index (χ1) is 14.6. The number of nitrogens with zero attached hydrogens (tertiary/aromatic N) is 1. The van der Waals surface area contributed by atoms with Crippen LogP contribution in [0.1, 0.15) is 28.1 Å². The molecule has 1 fully saturated rings. The molecule has 0 unspecified atom stereocenters. The van der Waals surface area contributed by atoms with E-state index in [0.717, 1.165) is 27.6 Å². The number of likely N-dealkylation sites (tertiary alicyclic amines) is 1. The van der Waals surface area contributed by atoms with Gasteiger partial charge in [0.25, 0.3) is 5.91 Å². The Balaban J connectivity index is 1.28. The number of amides is 2. The smallest absolute Gasteiger partial charge is 0.263 e. The number of rotatable bonds is 5. The first-order valence-electron chi connectivity index (χ1n) is 10.1. The molecule has 0 bridgehead atoms. The number of ether oxygens (including phenoxy) is 1. The maximum Gasteiger partial charge on any atom is 0.263 e. The van der Waals surface area contributed by atoms with Gasteiger partial charge >= 0.3 is 0 Å². The largest absolute Gasteiger partial charge is 0.457 e. The van der Waals surface area contributed by atoms with E-state index < -0.39 is 0 Å². The zero-order valence-electron chi connectivity index (χ0n) is 16.8. The van der Waals surface area contributed by atoms with Gasteiger partial charge in [0.15, 0.2) is 0 Å². The second-order valence-electron chi connectivity index (χ2n) is 7.48. The van der Waals surface area contributed by atoms with Gasteiger partial charge in [-0.25, -0.2) is 0 Å². The topological polar surface area (TPSA) is 58.6 Å². The van der Waals surface area contributed by atoms with Crippen LogP contribution < -0.4 is 10.1 Å². The number of aryl methyl sites for hydroxylation is 1. The fraction of sp³-hybridized carbons (Fsp3) is 0.250. The minimum absolute atomic E-state index is 0.00516. The van der Waals surface area contributed by atoms with Crippen molar-refractivity contribution in [1.82, 2.24) is 4.90 Å². The van der Waals surface area contributed by atoms with Gasteiger partial charge in [0.2, 0.25) is 5.91 Å². The summed E-state index contributed by atoms with van der Waals surface area (Å²) >= 11 is 1.45. The number of piperidine rings is 1. The normalized spacial score (nSPS) is 14.4. The molecule has 0 spiro atoms. The first-order valence-corrected chi connectivity index (χ1v) is 10.9. The first kappa shape index (κ1) is 20.2. The third kappa shape index (κ3) is 4.89. The van der Waals surface area contributed by atoms with Crippen LogP contribution in [0.5, 0.6) is 11.5 Å². The van der Waals surface area contributed by atoms with Gasteiger partial charge in [-0.05, 0) is 73.2 Å². The Labute approximate surface area is 180 Å². The van der Waals surface area contributed by atoms with Crippen LogP contribution in [0.25, 0.3) is 0 Å². The summed E-state index contributed by atoms with van der Waals surface area (Å²) in [5.74, 6) is 1.49. The Kier molecular flexibility index (Phi) is 6.14. The van der Waals surface area contributed by atoms with E-state index in [1.807, 2.05) is 77.9 Å². The number of carbonyl (C=O) groups excluding carboxylic acids is 2. The Morgan fingerprint density at radius 3 is 2.43 bits per heavy atom. The standard InChI is InChI=1S/C24H24N2O3S/c1-17-4-2-5-21(16-17)29-20-9-7-19(8-10-20)25-23(27)18-11-13-26(14-12-18)24(28)22-6-3-15-30-22/h2-10,15-16,18H,11-14H2,1H3,(H,25,27). The minimum atomic E-state index is -0.0828. The Morgan fingerprint density at radius 2 is 1.77 bits per heavy atom. The lowest BCUT2D eigenvalue weighted by molar-refractivity contribution is -0.121. The highest BCUT2D eigenvalue weighted by Crippen LogP contribution is 2.25. The maximum absolute atomic E-state index is 12.6. The number of hydrogen-bond acceptors (Lipinski definition) is 4. The average Bonchev–Trinajstić information content (AvgIpc) is 3.30. The molecule has 0 radical (unpaired) electrons. The second kappa shape index (κ2) is 9.13. The van der Waals surface area contributed by atoms with Crippen LogP contribution in [0.4, 0.5) is 5.69 Å². The molecule has 1 aromatic heterocycles. The highest BCUT2D eigenvalue weighted by molar-refractivity contribution is 7.12. The summed E-state index contributed by atoms with van der Waals surface area (Å²) in [5.41, 5.74) is 1.88. The van der Waals surface area contributed by atoms with Gasteiger partial charge in [0, 0.05) is 24.7 Å². The molecule has 0 atom stereocenters. The number of anilines is 1. The van der Waals surface area contributed by atoms with E-state index in [-0.39, 0.29) is 17.7 Å². The molecule has 5 nitrogen and oxygen atoms in total. The molecule has 1 saturated heterocycles. The van der Waals surface area contributed by atoms with Crippen molar-refractivity contribution < 1.29 is 14.3 Å². The van der Waals surface area contributed by atoms with Crippen LogP contribution in [-0.2, 0) is 4.79 Å². The second-order valence-corrected chi connectivity index (χ2v) is 8.42. The molecule has 2 amide bonds. The fourth-order valence-electron chi connectivity index (χ4n) is 3.57. The molecule has 1 aliphatic heterocycles. The van der Waals surface area contributed by atoms with Crippen LogP contribution in [0.3, 0.4) is 0 Å².